The fraction of sp³-hybridized carbons (Fsp3) is 0.538. The molecule has 2 aliphatic heterocycles. The maximum absolute atomic E-state index is 14.7. The van der Waals surface area contributed by atoms with Crippen LogP contribution in [0, 0.1) is 23.4 Å². The number of ether oxygens (including phenoxy) is 3. The molecule has 5 atom stereocenters. The zero-order valence-corrected chi connectivity index (χ0v) is 21.9. The number of aliphatic hydroxyl groups is 1. The first-order chi connectivity index (χ1) is 18.8. The number of amides is 1. The number of alkyl halides is 3. The molecule has 1 aromatic carbocycles. The number of methoxy groups -OCH3 is 1. The molecule has 2 aliphatic rings. The zero-order chi connectivity index (χ0) is 29.4. The van der Waals surface area contributed by atoms with Gasteiger partial charge in [-0.1, -0.05) is 13.0 Å². The van der Waals surface area contributed by atoms with Gasteiger partial charge in [0.2, 0.25) is 5.82 Å². The Bertz CT molecular complexity index is 1240. The van der Waals surface area contributed by atoms with E-state index in [4.69, 9.17) is 14.2 Å². The highest BCUT2D eigenvalue weighted by Crippen LogP contribution is 2.55. The second-order valence-electron chi connectivity index (χ2n) is 9.95. The number of hydrogen-bond acceptors (Lipinski definition) is 7. The number of morpholine rings is 1. The molecular formula is C26H29F6N3O5. The van der Waals surface area contributed by atoms with Crippen LogP contribution in [0.4, 0.5) is 32.0 Å². The number of halogens is 6. The second-order valence-corrected chi connectivity index (χ2v) is 9.95. The molecule has 1 aromatic heterocycles. The van der Waals surface area contributed by atoms with Gasteiger partial charge in [-0.3, -0.25) is 14.7 Å². The summed E-state index contributed by atoms with van der Waals surface area (Å²) in [7, 11) is 1.01. The van der Waals surface area contributed by atoms with Gasteiger partial charge in [0, 0.05) is 37.0 Å². The number of hydrogen-bond donors (Lipinski definition) is 2. The second kappa shape index (κ2) is 11.5. The number of β-amino-alcohol motifs (C(OH)–C–C–N with tert-alkyl or cyclic N) is 1. The van der Waals surface area contributed by atoms with Gasteiger partial charge in [0.15, 0.2) is 23.0 Å². The number of anilines is 1. The molecule has 0 unspecified atom stereocenters. The summed E-state index contributed by atoms with van der Waals surface area (Å²) in [6.45, 7) is 4.14. The Balaban J connectivity index is 1.66. The van der Waals surface area contributed by atoms with Gasteiger partial charge in [-0.15, -0.1) is 0 Å². The molecule has 2 aromatic rings. The van der Waals surface area contributed by atoms with Gasteiger partial charge in [-0.05, 0) is 19.1 Å². The standard InChI is InChI=1S/C26H29F6N3O5/c1-13-20(14-4-5-15(27)21(29)22(14)38-3)23(40-25(13,2)26(30,31)32)24(37)34-17-10-18(33-11-16(17)28)19(36)12-35-6-8-39-9-7-35/h4-5,10-11,13,19-20,23,36H,6-9,12H2,1-3H3,(H,33,34,37)/t13-,19-,20-,23+,25+/m0/s1. The molecular weight excluding hydrogens is 548 g/mol. The lowest BCUT2D eigenvalue weighted by Gasteiger charge is -2.32. The lowest BCUT2D eigenvalue weighted by Crippen LogP contribution is -2.47. The Kier molecular flexibility index (Phi) is 8.64. The third-order valence-corrected chi connectivity index (χ3v) is 7.58. The van der Waals surface area contributed by atoms with Crippen LogP contribution in [0.3, 0.4) is 0 Å². The van der Waals surface area contributed by atoms with Crippen molar-refractivity contribution >= 4 is 11.6 Å². The van der Waals surface area contributed by atoms with Crippen molar-refractivity contribution in [3.05, 3.63) is 53.1 Å². The lowest BCUT2D eigenvalue weighted by molar-refractivity contribution is -0.272. The van der Waals surface area contributed by atoms with Crippen molar-refractivity contribution in [1.29, 1.82) is 0 Å². The van der Waals surface area contributed by atoms with Crippen molar-refractivity contribution in [3.8, 4) is 5.75 Å². The molecule has 0 bridgehead atoms. The smallest absolute Gasteiger partial charge is 0.417 e. The third-order valence-electron chi connectivity index (χ3n) is 7.58. The van der Waals surface area contributed by atoms with Gasteiger partial charge >= 0.3 is 6.18 Å². The van der Waals surface area contributed by atoms with Crippen molar-refractivity contribution in [2.45, 2.75) is 43.8 Å². The molecule has 0 aliphatic carbocycles. The minimum absolute atomic E-state index is 0.0165. The molecule has 4 rings (SSSR count). The average molecular weight is 578 g/mol. The predicted molar refractivity (Wildman–Crippen MR) is 129 cm³/mol. The van der Waals surface area contributed by atoms with Crippen LogP contribution in [-0.2, 0) is 14.3 Å². The van der Waals surface area contributed by atoms with E-state index >= 15 is 0 Å². The summed E-state index contributed by atoms with van der Waals surface area (Å²) < 4.78 is 101. The maximum atomic E-state index is 14.7. The van der Waals surface area contributed by atoms with Crippen LogP contribution in [0.2, 0.25) is 0 Å². The number of carbonyl (C=O) groups excluding carboxylic acids is 1. The summed E-state index contributed by atoms with van der Waals surface area (Å²) in [4.78, 5) is 19.2. The van der Waals surface area contributed by atoms with E-state index in [2.05, 4.69) is 10.3 Å². The lowest BCUT2D eigenvalue weighted by atomic mass is 9.77. The number of carbonyl (C=O) groups is 1. The van der Waals surface area contributed by atoms with Crippen LogP contribution in [0.25, 0.3) is 0 Å². The molecule has 8 nitrogen and oxygen atoms in total. The summed E-state index contributed by atoms with van der Waals surface area (Å²) in [5, 5.41) is 12.8. The van der Waals surface area contributed by atoms with E-state index in [1.807, 2.05) is 4.90 Å². The van der Waals surface area contributed by atoms with Gasteiger partial charge in [0.05, 0.1) is 37.9 Å². The number of pyridine rings is 1. The number of aromatic nitrogens is 1. The summed E-state index contributed by atoms with van der Waals surface area (Å²) in [6, 6.07) is 2.81. The molecule has 2 saturated heterocycles. The SMILES string of the molecule is COc1c([C@H]2[C@H](C(=O)Nc3cc([C@@H](O)CN4CCOCC4)ncc3F)O[C@@](C)(C(F)(F)F)[C@H]2C)ccc(F)c1F. The van der Waals surface area contributed by atoms with Crippen LogP contribution in [0.15, 0.2) is 24.4 Å². The topological polar surface area (TPSA) is 93.2 Å². The summed E-state index contributed by atoms with van der Waals surface area (Å²) in [6.07, 6.45) is -7.26. The quantitative estimate of drug-likeness (QED) is 0.482. The van der Waals surface area contributed by atoms with Gasteiger partial charge in [-0.25, -0.2) is 8.78 Å². The Morgan fingerprint density at radius 2 is 1.93 bits per heavy atom. The number of rotatable bonds is 7. The highest BCUT2D eigenvalue weighted by atomic mass is 19.4. The molecule has 220 valence electrons. The minimum Gasteiger partial charge on any atom is -0.493 e. The summed E-state index contributed by atoms with van der Waals surface area (Å²) in [5.41, 5.74) is -3.53. The number of aliphatic hydroxyl groups excluding tert-OH is 1. The van der Waals surface area contributed by atoms with Crippen molar-refractivity contribution in [2.24, 2.45) is 5.92 Å². The Morgan fingerprint density at radius 3 is 2.55 bits per heavy atom. The van der Waals surface area contributed by atoms with Gasteiger partial charge in [-0.2, -0.15) is 17.6 Å². The van der Waals surface area contributed by atoms with Crippen LogP contribution < -0.4 is 10.1 Å². The van der Waals surface area contributed by atoms with Crippen molar-refractivity contribution in [3.63, 3.8) is 0 Å². The van der Waals surface area contributed by atoms with E-state index < -0.39 is 70.6 Å². The van der Waals surface area contributed by atoms with E-state index in [-0.39, 0.29) is 17.8 Å². The number of nitrogens with one attached hydrogen (secondary N) is 1. The molecule has 40 heavy (non-hydrogen) atoms. The average Bonchev–Trinajstić information content (AvgIpc) is 3.19. The minimum atomic E-state index is -4.95. The van der Waals surface area contributed by atoms with Crippen LogP contribution in [-0.4, -0.2) is 78.7 Å². The predicted octanol–water partition coefficient (Wildman–Crippen LogP) is 3.95. The molecule has 0 radical (unpaired) electrons. The first kappa shape index (κ1) is 30.0. The van der Waals surface area contributed by atoms with Crippen LogP contribution in [0.5, 0.6) is 5.75 Å². The first-order valence-electron chi connectivity index (χ1n) is 12.5. The highest BCUT2D eigenvalue weighted by Gasteiger charge is 2.66. The maximum Gasteiger partial charge on any atom is 0.417 e. The molecule has 0 spiro atoms. The molecule has 2 fully saturated rings. The molecule has 14 heteroatoms. The van der Waals surface area contributed by atoms with E-state index in [9.17, 15) is 36.2 Å². The molecule has 0 saturated carbocycles. The van der Waals surface area contributed by atoms with Crippen molar-refractivity contribution in [2.75, 3.05) is 45.3 Å². The van der Waals surface area contributed by atoms with E-state index in [0.717, 1.165) is 32.4 Å². The monoisotopic (exact) mass is 577 g/mol. The van der Waals surface area contributed by atoms with Crippen LogP contribution >= 0.6 is 0 Å². The molecule has 2 N–H and O–H groups in total. The fourth-order valence-electron chi connectivity index (χ4n) is 5.10. The Morgan fingerprint density at radius 1 is 1.25 bits per heavy atom. The summed E-state index contributed by atoms with van der Waals surface area (Å²) >= 11 is 0. The van der Waals surface area contributed by atoms with Crippen LogP contribution in [0.1, 0.15) is 37.1 Å². The number of benzene rings is 1. The van der Waals surface area contributed by atoms with E-state index in [0.29, 0.717) is 32.4 Å². The van der Waals surface area contributed by atoms with Gasteiger partial charge < -0.3 is 24.6 Å². The van der Waals surface area contributed by atoms with Gasteiger partial charge in [0.1, 0.15) is 12.2 Å². The molecule has 3 heterocycles. The number of nitrogens with zero attached hydrogens (tertiary/aromatic N) is 2. The Hall–Kier alpha value is -2.94. The largest absolute Gasteiger partial charge is 0.493 e. The fourth-order valence-corrected chi connectivity index (χ4v) is 5.10. The first-order valence-corrected chi connectivity index (χ1v) is 12.5. The highest BCUT2D eigenvalue weighted by molar-refractivity contribution is 5.95. The van der Waals surface area contributed by atoms with E-state index in [1.165, 1.54) is 6.92 Å². The Labute approximate surface area is 226 Å². The normalized spacial score (nSPS) is 26.5. The summed E-state index contributed by atoms with van der Waals surface area (Å²) in [5.74, 6) is -8.53. The molecule has 1 amide bonds. The van der Waals surface area contributed by atoms with E-state index in [1.54, 1.807) is 0 Å². The van der Waals surface area contributed by atoms with Crippen molar-refractivity contribution < 1.29 is 50.5 Å². The van der Waals surface area contributed by atoms with Gasteiger partial charge in [0.25, 0.3) is 5.91 Å². The zero-order valence-electron chi connectivity index (χ0n) is 21.9. The van der Waals surface area contributed by atoms with Crippen molar-refractivity contribution in [1.82, 2.24) is 9.88 Å². The third kappa shape index (κ3) is 5.62.